The van der Waals surface area contributed by atoms with Gasteiger partial charge in [0.15, 0.2) is 0 Å². The molecule has 2 aromatic rings. The fourth-order valence-electron chi connectivity index (χ4n) is 3.27. The first-order chi connectivity index (χ1) is 10.5. The van der Waals surface area contributed by atoms with Gasteiger partial charge in [0, 0.05) is 33.0 Å². The molecule has 116 valence electrons. The lowest BCUT2D eigenvalue weighted by Crippen LogP contribution is -2.38. The number of aromatic nitrogens is 2. The molecule has 0 bridgehead atoms. The van der Waals surface area contributed by atoms with Crippen LogP contribution in [0.15, 0.2) is 18.2 Å². The second-order valence-electron chi connectivity index (χ2n) is 5.87. The molecule has 1 aliphatic rings. The summed E-state index contributed by atoms with van der Waals surface area (Å²) in [7, 11) is 1.95. The van der Waals surface area contributed by atoms with E-state index in [1.165, 1.54) is 0 Å². The zero-order chi connectivity index (χ0) is 15.9. The number of amides is 2. The van der Waals surface area contributed by atoms with Crippen molar-refractivity contribution in [3.05, 3.63) is 29.6 Å². The average molecular weight is 300 g/mol. The van der Waals surface area contributed by atoms with E-state index in [9.17, 15) is 9.59 Å². The zero-order valence-electron chi connectivity index (χ0n) is 12.9. The molecule has 22 heavy (non-hydrogen) atoms. The second-order valence-corrected chi connectivity index (χ2v) is 5.87. The van der Waals surface area contributed by atoms with E-state index in [0.717, 1.165) is 30.7 Å². The summed E-state index contributed by atoms with van der Waals surface area (Å²) in [5.74, 6) is 0.732. The van der Waals surface area contributed by atoms with Crippen molar-refractivity contribution in [1.82, 2.24) is 14.5 Å². The number of fused-ring (bicyclic) bond motifs is 1. The second kappa shape index (κ2) is 5.44. The summed E-state index contributed by atoms with van der Waals surface area (Å²) in [4.78, 5) is 29.7. The van der Waals surface area contributed by atoms with Crippen molar-refractivity contribution in [2.45, 2.75) is 25.7 Å². The molecule has 1 aromatic carbocycles. The smallest absolute Gasteiger partial charge is 0.250 e. The summed E-state index contributed by atoms with van der Waals surface area (Å²) in [6, 6.07) is 5.45. The number of aryl methyl sites for hydroxylation is 1. The molecular formula is C16H20N4O2. The van der Waals surface area contributed by atoms with E-state index in [4.69, 9.17) is 5.73 Å². The van der Waals surface area contributed by atoms with Crippen LogP contribution in [0.1, 0.15) is 41.9 Å². The van der Waals surface area contributed by atoms with Crippen molar-refractivity contribution < 1.29 is 9.59 Å². The monoisotopic (exact) mass is 300 g/mol. The molecule has 2 amide bonds. The third-order valence-electron chi connectivity index (χ3n) is 4.44. The molecule has 3 rings (SSSR count). The van der Waals surface area contributed by atoms with Crippen molar-refractivity contribution in [3.63, 3.8) is 0 Å². The van der Waals surface area contributed by atoms with Gasteiger partial charge in [0.25, 0.3) is 5.91 Å². The van der Waals surface area contributed by atoms with Crippen LogP contribution < -0.4 is 5.73 Å². The number of hydrogen-bond acceptors (Lipinski definition) is 3. The molecule has 1 aromatic heterocycles. The maximum atomic E-state index is 11.6. The molecule has 0 spiro atoms. The largest absolute Gasteiger partial charge is 0.366 e. The van der Waals surface area contributed by atoms with Gasteiger partial charge >= 0.3 is 0 Å². The summed E-state index contributed by atoms with van der Waals surface area (Å²) >= 11 is 0. The molecule has 1 fully saturated rings. The van der Waals surface area contributed by atoms with Gasteiger partial charge in [-0.3, -0.25) is 9.59 Å². The molecule has 1 saturated heterocycles. The fourth-order valence-corrected chi connectivity index (χ4v) is 3.27. The number of likely N-dealkylation sites (tertiary alicyclic amines) is 1. The van der Waals surface area contributed by atoms with Crippen LogP contribution in [0.5, 0.6) is 0 Å². The highest BCUT2D eigenvalue weighted by atomic mass is 16.2. The van der Waals surface area contributed by atoms with E-state index in [-0.39, 0.29) is 11.8 Å². The number of benzene rings is 1. The number of carbonyl (C=O) groups excluding carboxylic acids is 2. The lowest BCUT2D eigenvalue weighted by molar-refractivity contribution is -0.130. The first-order valence-electron chi connectivity index (χ1n) is 7.49. The Kier molecular flexibility index (Phi) is 3.60. The van der Waals surface area contributed by atoms with Crippen molar-refractivity contribution in [2.24, 2.45) is 12.8 Å². The Morgan fingerprint density at radius 3 is 2.82 bits per heavy atom. The predicted octanol–water partition coefficient (Wildman–Crippen LogP) is 1.40. The maximum Gasteiger partial charge on any atom is 0.250 e. The predicted molar refractivity (Wildman–Crippen MR) is 83.5 cm³/mol. The molecule has 0 aliphatic carbocycles. The minimum atomic E-state index is -0.468. The quantitative estimate of drug-likeness (QED) is 0.910. The van der Waals surface area contributed by atoms with E-state index in [0.29, 0.717) is 17.6 Å². The molecule has 1 unspecified atom stereocenters. The van der Waals surface area contributed by atoms with Gasteiger partial charge in [-0.15, -0.1) is 0 Å². The van der Waals surface area contributed by atoms with Gasteiger partial charge < -0.3 is 15.2 Å². The molecule has 6 nitrogen and oxygen atoms in total. The molecule has 1 atom stereocenters. The third kappa shape index (κ3) is 2.34. The van der Waals surface area contributed by atoms with Gasteiger partial charge in [-0.25, -0.2) is 4.98 Å². The topological polar surface area (TPSA) is 81.2 Å². The Bertz CT molecular complexity index is 750. The van der Waals surface area contributed by atoms with Gasteiger partial charge in [0.2, 0.25) is 5.91 Å². The Morgan fingerprint density at radius 1 is 1.36 bits per heavy atom. The summed E-state index contributed by atoms with van der Waals surface area (Å²) < 4.78 is 2.01. The van der Waals surface area contributed by atoms with E-state index in [1.807, 2.05) is 28.6 Å². The van der Waals surface area contributed by atoms with E-state index in [1.54, 1.807) is 13.0 Å². The van der Waals surface area contributed by atoms with Crippen LogP contribution in [-0.4, -0.2) is 39.4 Å². The van der Waals surface area contributed by atoms with Crippen LogP contribution in [0.4, 0.5) is 0 Å². The Hall–Kier alpha value is -2.37. The summed E-state index contributed by atoms with van der Waals surface area (Å²) in [6.07, 6.45) is 1.96. The maximum absolute atomic E-state index is 11.6. The lowest BCUT2D eigenvalue weighted by Gasteiger charge is -2.31. The Balaban J connectivity index is 2.04. The number of nitrogens with zero attached hydrogens (tertiary/aromatic N) is 3. The van der Waals surface area contributed by atoms with Crippen LogP contribution in [0.3, 0.4) is 0 Å². The van der Waals surface area contributed by atoms with Crippen molar-refractivity contribution in [1.29, 1.82) is 0 Å². The number of primary amides is 1. The summed E-state index contributed by atoms with van der Waals surface area (Å²) in [5.41, 5.74) is 7.42. The molecule has 6 heteroatoms. The number of rotatable bonds is 2. The van der Waals surface area contributed by atoms with Crippen LogP contribution in [0.2, 0.25) is 0 Å². The molecule has 2 heterocycles. The molecular weight excluding hydrogens is 280 g/mol. The minimum absolute atomic E-state index is 0.0984. The van der Waals surface area contributed by atoms with E-state index >= 15 is 0 Å². The SMILES string of the molecule is CC(=O)N1CCCC(c2nc3c(C(N)=O)cccc3n2C)C1. The van der Waals surface area contributed by atoms with Gasteiger partial charge in [0.1, 0.15) is 11.3 Å². The van der Waals surface area contributed by atoms with Gasteiger partial charge in [-0.2, -0.15) is 0 Å². The third-order valence-corrected chi connectivity index (χ3v) is 4.44. The first-order valence-corrected chi connectivity index (χ1v) is 7.49. The number of piperidine rings is 1. The molecule has 0 radical (unpaired) electrons. The molecule has 1 aliphatic heterocycles. The summed E-state index contributed by atoms with van der Waals surface area (Å²) in [6.45, 7) is 3.09. The average Bonchev–Trinajstić information content (AvgIpc) is 2.84. The Labute approximate surface area is 128 Å². The number of nitrogens with two attached hydrogens (primary N) is 1. The highest BCUT2D eigenvalue weighted by Crippen LogP contribution is 2.29. The normalized spacial score (nSPS) is 18.6. The molecule has 0 saturated carbocycles. The summed E-state index contributed by atoms with van der Waals surface area (Å²) in [5, 5.41) is 0. The number of hydrogen-bond donors (Lipinski definition) is 1. The van der Waals surface area contributed by atoms with Gasteiger partial charge in [-0.05, 0) is 25.0 Å². The van der Waals surface area contributed by atoms with E-state index < -0.39 is 5.91 Å². The highest BCUT2D eigenvalue weighted by Gasteiger charge is 2.27. The number of imidazole rings is 1. The van der Waals surface area contributed by atoms with Crippen molar-refractivity contribution in [3.8, 4) is 0 Å². The standard InChI is InChI=1S/C16H20N4O2/c1-10(21)20-8-4-5-11(9-20)16-18-14-12(15(17)22)6-3-7-13(14)19(16)2/h3,6-7,11H,4-5,8-9H2,1-2H3,(H2,17,22). The first kappa shape index (κ1) is 14.6. The van der Waals surface area contributed by atoms with E-state index in [2.05, 4.69) is 4.98 Å². The van der Waals surface area contributed by atoms with Crippen LogP contribution in [-0.2, 0) is 11.8 Å². The van der Waals surface area contributed by atoms with Crippen LogP contribution in [0.25, 0.3) is 11.0 Å². The zero-order valence-corrected chi connectivity index (χ0v) is 12.9. The minimum Gasteiger partial charge on any atom is -0.366 e. The van der Waals surface area contributed by atoms with Crippen LogP contribution >= 0.6 is 0 Å². The van der Waals surface area contributed by atoms with Crippen molar-refractivity contribution in [2.75, 3.05) is 13.1 Å². The van der Waals surface area contributed by atoms with Crippen LogP contribution in [0, 0.1) is 0 Å². The fraction of sp³-hybridized carbons (Fsp3) is 0.438. The van der Waals surface area contributed by atoms with Gasteiger partial charge in [0.05, 0.1) is 11.1 Å². The number of carbonyl (C=O) groups is 2. The number of para-hydroxylation sites is 1. The Morgan fingerprint density at radius 2 is 2.14 bits per heavy atom. The highest BCUT2D eigenvalue weighted by molar-refractivity contribution is 6.04. The molecule has 2 N–H and O–H groups in total. The lowest BCUT2D eigenvalue weighted by atomic mass is 9.97. The van der Waals surface area contributed by atoms with Gasteiger partial charge in [-0.1, -0.05) is 6.07 Å². The van der Waals surface area contributed by atoms with Crippen molar-refractivity contribution >= 4 is 22.8 Å².